The van der Waals surface area contributed by atoms with Crippen molar-refractivity contribution < 1.29 is 51.2 Å². The summed E-state index contributed by atoms with van der Waals surface area (Å²) in [5.74, 6) is -13.2. The van der Waals surface area contributed by atoms with Gasteiger partial charge >= 0.3 is 5.97 Å². The molecule has 0 aliphatic carbocycles. The second-order valence-electron chi connectivity index (χ2n) is 10.4. The summed E-state index contributed by atoms with van der Waals surface area (Å²) in [6, 6.07) is 20.3. The Morgan fingerprint density at radius 3 is 1.91 bits per heavy atom. The third-order valence-corrected chi connectivity index (χ3v) is 8.44. The highest BCUT2D eigenvalue weighted by Crippen LogP contribution is 2.39. The minimum Gasteiger partial charge on any atom is -0.478 e. The fraction of sp³-hybridized carbons (Fsp3) is 0.212. The van der Waals surface area contributed by atoms with Crippen molar-refractivity contribution in [1.29, 1.82) is 0 Å². The Morgan fingerprint density at radius 1 is 0.761 bits per heavy atom. The molecule has 13 heteroatoms. The van der Waals surface area contributed by atoms with Crippen molar-refractivity contribution >= 4 is 23.6 Å². The van der Waals surface area contributed by atoms with Crippen LogP contribution in [0.5, 0.6) is 0 Å². The first kappa shape index (κ1) is 33.1. The minimum atomic E-state index is -2.35. The maximum absolute atomic E-state index is 14.0. The number of amides is 1. The smallest absolute Gasteiger partial charge is 0.335 e. The molecule has 1 aliphatic heterocycles. The monoisotopic (exact) mass is 659 g/mol. The number of ether oxygens (including phenoxy) is 2. The van der Waals surface area contributed by atoms with E-state index in [1.807, 2.05) is 12.1 Å². The molecule has 240 valence electrons. The zero-order chi connectivity index (χ0) is 33.0. The number of carboxylic acid groups (broad SMARTS) is 1. The van der Waals surface area contributed by atoms with E-state index in [-0.39, 0.29) is 30.9 Å². The summed E-state index contributed by atoms with van der Waals surface area (Å²) in [5, 5.41) is 20.7. The van der Waals surface area contributed by atoms with Gasteiger partial charge in [0.2, 0.25) is 5.82 Å². The first-order valence-corrected chi connectivity index (χ1v) is 14.9. The molecule has 7 nitrogen and oxygen atoms in total. The number of rotatable bonds is 10. The van der Waals surface area contributed by atoms with E-state index in [1.165, 1.54) is 23.9 Å². The van der Waals surface area contributed by atoms with Crippen molar-refractivity contribution in [3.63, 3.8) is 0 Å². The fourth-order valence-corrected chi connectivity index (χ4v) is 5.69. The molecule has 1 fully saturated rings. The van der Waals surface area contributed by atoms with E-state index in [4.69, 9.17) is 14.6 Å². The summed E-state index contributed by atoms with van der Waals surface area (Å²) in [7, 11) is 0. The number of aromatic carboxylic acids is 1. The van der Waals surface area contributed by atoms with E-state index in [9.17, 15) is 36.6 Å². The highest BCUT2D eigenvalue weighted by Gasteiger charge is 2.33. The van der Waals surface area contributed by atoms with E-state index in [1.54, 1.807) is 48.5 Å². The lowest BCUT2D eigenvalue weighted by atomic mass is 10.0. The van der Waals surface area contributed by atoms with Gasteiger partial charge in [-0.25, -0.2) is 26.7 Å². The topological polar surface area (TPSA) is 105 Å². The van der Waals surface area contributed by atoms with Gasteiger partial charge in [0.1, 0.15) is 5.56 Å². The number of hydrogen-bond acceptors (Lipinski definition) is 6. The van der Waals surface area contributed by atoms with Crippen molar-refractivity contribution in [3.8, 4) is 0 Å². The van der Waals surface area contributed by atoms with Gasteiger partial charge in [-0.1, -0.05) is 48.5 Å². The maximum Gasteiger partial charge on any atom is 0.335 e. The molecule has 3 atom stereocenters. The Bertz CT molecular complexity index is 1690. The predicted octanol–water partition coefficient (Wildman–Crippen LogP) is 6.84. The van der Waals surface area contributed by atoms with Gasteiger partial charge in [0.25, 0.3) is 5.91 Å². The lowest BCUT2D eigenvalue weighted by Crippen LogP contribution is -2.31. The first-order chi connectivity index (χ1) is 22.0. The second-order valence-corrected chi connectivity index (χ2v) is 11.5. The van der Waals surface area contributed by atoms with Crippen molar-refractivity contribution in [2.75, 3.05) is 5.75 Å². The zero-order valence-corrected chi connectivity index (χ0v) is 24.6. The van der Waals surface area contributed by atoms with Gasteiger partial charge in [0, 0.05) is 29.2 Å². The number of benzene rings is 4. The van der Waals surface area contributed by atoms with Gasteiger partial charge in [-0.2, -0.15) is 0 Å². The quantitative estimate of drug-likeness (QED) is 0.0741. The van der Waals surface area contributed by atoms with Crippen LogP contribution < -0.4 is 5.32 Å². The largest absolute Gasteiger partial charge is 0.478 e. The second kappa shape index (κ2) is 14.4. The molecule has 1 aliphatic rings. The molecule has 4 aromatic carbocycles. The van der Waals surface area contributed by atoms with E-state index >= 15 is 0 Å². The van der Waals surface area contributed by atoms with E-state index < -0.39 is 52.8 Å². The number of thioether (sulfide) groups is 1. The van der Waals surface area contributed by atoms with Crippen LogP contribution in [0, 0.1) is 29.1 Å². The molecule has 0 unspecified atom stereocenters. The fourth-order valence-electron chi connectivity index (χ4n) is 4.77. The van der Waals surface area contributed by atoms with Crippen molar-refractivity contribution in [1.82, 2.24) is 5.32 Å². The van der Waals surface area contributed by atoms with Gasteiger partial charge in [0.05, 0.1) is 24.4 Å². The molecular formula is C33H26F5NO6S. The number of aliphatic hydroxyl groups excluding tert-OH is 1. The van der Waals surface area contributed by atoms with Crippen LogP contribution in [0.4, 0.5) is 22.0 Å². The number of hydrogen-bond donors (Lipinski definition) is 3. The summed E-state index contributed by atoms with van der Waals surface area (Å²) in [6.45, 7) is -0.378. The summed E-state index contributed by atoms with van der Waals surface area (Å²) in [6.07, 6.45) is -0.956. The molecule has 0 saturated carbocycles. The molecule has 0 radical (unpaired) electrons. The van der Waals surface area contributed by atoms with Crippen molar-refractivity contribution in [3.05, 3.63) is 135 Å². The van der Waals surface area contributed by atoms with Crippen LogP contribution >= 0.6 is 11.8 Å². The van der Waals surface area contributed by atoms with Crippen LogP contribution in [0.3, 0.4) is 0 Å². The molecule has 46 heavy (non-hydrogen) atoms. The number of carboxylic acids is 1. The molecule has 3 N–H and O–H groups in total. The third kappa shape index (κ3) is 7.39. The molecule has 1 amide bonds. The summed E-state index contributed by atoms with van der Waals surface area (Å²) < 4.78 is 81.0. The molecule has 0 bridgehead atoms. The average Bonchev–Trinajstić information content (AvgIpc) is 3.08. The molecule has 0 aromatic heterocycles. The lowest BCUT2D eigenvalue weighted by molar-refractivity contribution is -0.245. The van der Waals surface area contributed by atoms with Gasteiger partial charge in [-0.15, -0.1) is 11.8 Å². The van der Waals surface area contributed by atoms with Crippen LogP contribution in [0.2, 0.25) is 0 Å². The van der Waals surface area contributed by atoms with E-state index in [0.29, 0.717) is 23.3 Å². The van der Waals surface area contributed by atoms with Crippen LogP contribution in [0.15, 0.2) is 77.7 Å². The van der Waals surface area contributed by atoms with Crippen LogP contribution in [0.25, 0.3) is 0 Å². The summed E-state index contributed by atoms with van der Waals surface area (Å²) in [4.78, 5) is 24.3. The SMILES string of the molecule is O=C(O)c1ccc(SC[C@@H]2C[C@H](c3ccc(CO)cc3)O[C@H](c3ccc(CNC(=O)c4c(F)c(F)c(F)c(F)c4F)cc3)O2)cc1. The van der Waals surface area contributed by atoms with Gasteiger partial charge in [0.15, 0.2) is 29.6 Å². The Hall–Kier alpha value is -4.30. The van der Waals surface area contributed by atoms with Crippen molar-refractivity contribution in [2.45, 2.75) is 43.0 Å². The standard InChI is InChI=1S/C33H26F5NO6S/c34-26-25(27(35)29(37)30(38)28(26)36)31(41)39-14-17-1-7-21(8-2-17)33-44-22(16-46-23-11-9-20(10-12-23)32(42)43)13-24(45-33)19-5-3-18(15-40)4-6-19/h1-12,22,24,33,40H,13-16H2,(H,39,41)(H,42,43)/t22-,24+,33+/m0/s1. The highest BCUT2D eigenvalue weighted by molar-refractivity contribution is 7.99. The molecule has 0 spiro atoms. The van der Waals surface area contributed by atoms with E-state index in [0.717, 1.165) is 16.0 Å². The zero-order valence-electron chi connectivity index (χ0n) is 23.8. The number of nitrogens with one attached hydrogen (secondary N) is 1. The predicted molar refractivity (Wildman–Crippen MR) is 156 cm³/mol. The Labute approximate surface area is 264 Å². The number of aliphatic hydroxyl groups is 1. The van der Waals surface area contributed by atoms with Crippen LogP contribution in [0.1, 0.15) is 61.8 Å². The van der Waals surface area contributed by atoms with Crippen molar-refractivity contribution in [2.24, 2.45) is 0 Å². The van der Waals surface area contributed by atoms with Gasteiger partial charge in [-0.3, -0.25) is 4.79 Å². The molecule has 4 aromatic rings. The minimum absolute atomic E-state index is 0.105. The Kier molecular flexibility index (Phi) is 10.4. The van der Waals surface area contributed by atoms with E-state index in [2.05, 4.69) is 5.32 Å². The third-order valence-electron chi connectivity index (χ3n) is 7.29. The average molecular weight is 660 g/mol. The Balaban J connectivity index is 1.28. The first-order valence-electron chi connectivity index (χ1n) is 13.9. The normalized spacial score (nSPS) is 17.9. The maximum atomic E-state index is 14.0. The number of halogens is 5. The molecule has 5 rings (SSSR count). The Morgan fingerprint density at radius 2 is 1.33 bits per heavy atom. The highest BCUT2D eigenvalue weighted by atomic mass is 32.2. The molecule has 1 heterocycles. The summed E-state index contributed by atoms with van der Waals surface area (Å²) >= 11 is 1.49. The molecular weight excluding hydrogens is 633 g/mol. The lowest BCUT2D eigenvalue weighted by Gasteiger charge is -2.36. The molecule has 1 saturated heterocycles. The number of carbonyl (C=O) groups excluding carboxylic acids is 1. The van der Waals surface area contributed by atoms with Gasteiger partial charge < -0.3 is 25.0 Å². The number of carbonyl (C=O) groups is 2. The van der Waals surface area contributed by atoms with Crippen LogP contribution in [-0.2, 0) is 22.6 Å². The summed E-state index contributed by atoms with van der Waals surface area (Å²) in [5.41, 5.74) is 1.30. The van der Waals surface area contributed by atoms with Gasteiger partial charge in [-0.05, 0) is 41.0 Å². The van der Waals surface area contributed by atoms with Crippen LogP contribution in [-0.4, -0.2) is 33.9 Å².